The lowest BCUT2D eigenvalue weighted by Gasteiger charge is -2.71. The van der Waals surface area contributed by atoms with E-state index in [1.165, 1.54) is 5.57 Å². The number of hydrogen-bond donors (Lipinski definition) is 11. The fraction of sp³-hybridized carbons (Fsp3) is 0.938. The smallest absolute Gasteiger partial charge is 0.310 e. The first-order chi connectivity index (χ1) is 30.9. The highest BCUT2D eigenvalue weighted by molar-refractivity contribution is 5.76. The zero-order valence-electron chi connectivity index (χ0n) is 39.5. The van der Waals surface area contributed by atoms with Gasteiger partial charge in [-0.25, -0.2) is 0 Å². The predicted molar refractivity (Wildman–Crippen MR) is 231 cm³/mol. The number of allylic oxidation sites excluding steroid dienone is 2. The third-order valence-corrected chi connectivity index (χ3v) is 19.4. The summed E-state index contributed by atoms with van der Waals surface area (Å²) in [6, 6.07) is 0. The second-order valence-electron chi connectivity index (χ2n) is 23.5. The molecule has 18 heteroatoms. The normalized spacial score (nSPS) is 53.3. The van der Waals surface area contributed by atoms with E-state index in [0.717, 1.165) is 44.9 Å². The molecule has 5 aliphatic carbocycles. The van der Waals surface area contributed by atoms with E-state index in [0.29, 0.717) is 25.2 Å². The molecule has 8 aliphatic rings. The van der Waals surface area contributed by atoms with Gasteiger partial charge < -0.3 is 84.6 Å². The van der Waals surface area contributed by atoms with Crippen LogP contribution in [0.2, 0.25) is 0 Å². The summed E-state index contributed by atoms with van der Waals surface area (Å²) in [6.45, 7) is 13.9. The first kappa shape index (κ1) is 50.9. The Kier molecular flexibility index (Phi) is 13.9. The molecule has 3 saturated heterocycles. The molecule has 4 saturated carbocycles. The van der Waals surface area contributed by atoms with E-state index in [1.54, 1.807) is 0 Å². The maximum Gasteiger partial charge on any atom is 0.310 e. The van der Waals surface area contributed by atoms with Crippen LogP contribution in [0.25, 0.3) is 0 Å². The minimum atomic E-state index is -1.87. The third-order valence-electron chi connectivity index (χ3n) is 19.4. The van der Waals surface area contributed by atoms with E-state index in [9.17, 15) is 61.0 Å². The van der Waals surface area contributed by atoms with Gasteiger partial charge in [0.1, 0.15) is 73.2 Å². The molecule has 18 nitrogen and oxygen atoms in total. The number of fused-ring (bicyclic) bond motifs is 7. The van der Waals surface area contributed by atoms with E-state index < -0.39 is 135 Å². The van der Waals surface area contributed by atoms with Crippen LogP contribution in [-0.2, 0) is 33.2 Å². The maximum atomic E-state index is 13.2. The molecule has 11 N–H and O–H groups in total. The first-order valence-corrected chi connectivity index (χ1v) is 24.3. The number of ether oxygens (including phenoxy) is 6. The van der Waals surface area contributed by atoms with Gasteiger partial charge in [-0.2, -0.15) is 0 Å². The Hall–Kier alpha value is -1.43. The molecule has 0 spiro atoms. The van der Waals surface area contributed by atoms with Crippen LogP contribution in [0.3, 0.4) is 0 Å². The van der Waals surface area contributed by atoms with Crippen LogP contribution in [0.1, 0.15) is 113 Å². The van der Waals surface area contributed by atoms with Crippen molar-refractivity contribution >= 4 is 5.97 Å². The second kappa shape index (κ2) is 18.0. The number of carbonyl (C=O) groups is 1. The van der Waals surface area contributed by atoms with Crippen LogP contribution in [0, 0.1) is 50.2 Å². The quantitative estimate of drug-likeness (QED) is 0.106. The second-order valence-corrected chi connectivity index (χ2v) is 23.5. The Bertz CT molecular complexity index is 1790. The molecule has 23 atom stereocenters. The summed E-state index contributed by atoms with van der Waals surface area (Å²) in [5, 5.41) is 117. The number of hydrogen-bond acceptors (Lipinski definition) is 17. The lowest BCUT2D eigenvalue weighted by Crippen LogP contribution is -2.68. The summed E-state index contributed by atoms with van der Waals surface area (Å²) in [6.07, 6.45) is -14.9. The number of aliphatic carboxylic acids is 1. The minimum absolute atomic E-state index is 0.00433. The van der Waals surface area contributed by atoms with Gasteiger partial charge >= 0.3 is 5.97 Å². The molecule has 0 amide bonds. The van der Waals surface area contributed by atoms with E-state index in [4.69, 9.17) is 28.4 Å². The van der Waals surface area contributed by atoms with Crippen LogP contribution in [0.15, 0.2) is 11.6 Å². The average Bonchev–Trinajstić information content (AvgIpc) is 3.26. The highest BCUT2D eigenvalue weighted by Crippen LogP contribution is 2.76. The number of carboxylic acid groups (broad SMARTS) is 1. The van der Waals surface area contributed by atoms with Gasteiger partial charge in [0.05, 0.1) is 31.3 Å². The molecule has 0 aromatic heterocycles. The van der Waals surface area contributed by atoms with E-state index in [-0.39, 0.29) is 33.5 Å². The number of carboxylic acids is 1. The molecule has 7 fully saturated rings. The van der Waals surface area contributed by atoms with Crippen molar-refractivity contribution in [2.45, 2.75) is 211 Å². The largest absolute Gasteiger partial charge is 0.481 e. The monoisotopic (exact) mass is 943 g/mol. The average molecular weight is 943 g/mol. The van der Waals surface area contributed by atoms with Crippen molar-refractivity contribution < 1.29 is 89.4 Å². The lowest BCUT2D eigenvalue weighted by molar-refractivity contribution is -0.395. The van der Waals surface area contributed by atoms with E-state index >= 15 is 0 Å². The van der Waals surface area contributed by atoms with Gasteiger partial charge in [-0.1, -0.05) is 60.1 Å². The topological polar surface area (TPSA) is 295 Å². The molecule has 378 valence electrons. The van der Waals surface area contributed by atoms with Crippen LogP contribution in [-0.4, -0.2) is 180 Å². The fourth-order valence-electron chi connectivity index (χ4n) is 15.1. The standard InChI is InChI=1S/C48H78O18/c1-43(2)14-16-48(42(59)60)17-15-46(6)22(23(48)18-43)8-9-28-45(5)12-11-29(44(3,4)27(45)10-13-47(28,46)7)64-41-38(66-40-35(57)33(55)31(53)25(20-50)62-40)36(58)37(26(21-51)63-41)65-39-34(56)32(54)30(52)24(19-49)61-39/h8,23-41,49-58H,9-21H2,1-7H3,(H,59,60)/t23-,24+,25+,26+,27-,28+,29-,30+,31+,32-,33-,34+,35+,36-,37+,38+,39-,40-,41-,45-,46+,47+,48-/m0/s1. The Morgan fingerprint density at radius 2 is 1.15 bits per heavy atom. The molecule has 0 radical (unpaired) electrons. The molecule has 8 rings (SSSR count). The van der Waals surface area contributed by atoms with Gasteiger partial charge in [0, 0.05) is 0 Å². The summed E-state index contributed by atoms with van der Waals surface area (Å²) in [5.74, 6) is -0.229. The highest BCUT2D eigenvalue weighted by Gasteiger charge is 2.70. The zero-order valence-corrected chi connectivity index (χ0v) is 39.5. The predicted octanol–water partition coefficient (Wildman–Crippen LogP) is 0.706. The molecular formula is C48H78O18. The molecule has 66 heavy (non-hydrogen) atoms. The molecule has 0 unspecified atom stereocenters. The maximum absolute atomic E-state index is 13.2. The van der Waals surface area contributed by atoms with E-state index in [2.05, 4.69) is 54.5 Å². The van der Waals surface area contributed by atoms with Crippen molar-refractivity contribution in [3.63, 3.8) is 0 Å². The van der Waals surface area contributed by atoms with Crippen molar-refractivity contribution in [2.24, 2.45) is 50.2 Å². The number of aliphatic hydroxyl groups is 10. The van der Waals surface area contributed by atoms with Gasteiger partial charge in [0.2, 0.25) is 0 Å². The molecule has 3 aliphatic heterocycles. The van der Waals surface area contributed by atoms with Crippen molar-refractivity contribution in [1.82, 2.24) is 0 Å². The molecule has 0 aromatic rings. The minimum Gasteiger partial charge on any atom is -0.481 e. The van der Waals surface area contributed by atoms with E-state index in [1.807, 2.05) is 0 Å². The summed E-state index contributed by atoms with van der Waals surface area (Å²) in [5.41, 5.74) is -0.256. The fourth-order valence-corrected chi connectivity index (χ4v) is 15.1. The lowest BCUT2D eigenvalue weighted by atomic mass is 9.33. The number of aliphatic hydroxyl groups excluding tert-OH is 10. The van der Waals surface area contributed by atoms with Gasteiger partial charge in [0.25, 0.3) is 0 Å². The Labute approximate surface area is 387 Å². The summed E-state index contributed by atoms with van der Waals surface area (Å²) < 4.78 is 36.7. The Morgan fingerprint density at radius 1 is 0.606 bits per heavy atom. The van der Waals surface area contributed by atoms with Gasteiger partial charge in [-0.05, 0) is 109 Å². The first-order valence-electron chi connectivity index (χ1n) is 24.3. The summed E-state index contributed by atoms with van der Waals surface area (Å²) in [7, 11) is 0. The van der Waals surface area contributed by atoms with Crippen molar-refractivity contribution in [2.75, 3.05) is 19.8 Å². The SMILES string of the molecule is CC1(C)CC[C@]2(C(=O)O)CC[C@]3(C)C(=CC[C@@H]4[C@@]5(C)CC[C@H](O[C@@H]6O[C@H](CO)[C@@H](O[C@@H]7O[C@H](CO)[C@@H](O)[C@H](O)[C@H]7O)[C@H](O)[C@H]6O[C@@H]6O[C@H](CO)[C@@H](O)[C@H](O)[C@H]6O)C(C)(C)[C@@H]5CC[C@]43C)[C@@H]2C1. The molecule has 0 bridgehead atoms. The highest BCUT2D eigenvalue weighted by atomic mass is 16.8. The molecule has 3 heterocycles. The summed E-state index contributed by atoms with van der Waals surface area (Å²) >= 11 is 0. The zero-order chi connectivity index (χ0) is 48.3. The van der Waals surface area contributed by atoms with Gasteiger partial charge in [-0.3, -0.25) is 4.79 Å². The van der Waals surface area contributed by atoms with Crippen LogP contribution in [0.5, 0.6) is 0 Å². The summed E-state index contributed by atoms with van der Waals surface area (Å²) in [4.78, 5) is 13.2. The molecule has 0 aromatic carbocycles. The van der Waals surface area contributed by atoms with Crippen molar-refractivity contribution in [3.8, 4) is 0 Å². The van der Waals surface area contributed by atoms with Crippen LogP contribution in [0.4, 0.5) is 0 Å². The van der Waals surface area contributed by atoms with Gasteiger partial charge in [-0.15, -0.1) is 0 Å². The van der Waals surface area contributed by atoms with Crippen molar-refractivity contribution in [1.29, 1.82) is 0 Å². The molecular weight excluding hydrogens is 865 g/mol. The Morgan fingerprint density at radius 3 is 1.71 bits per heavy atom. The third kappa shape index (κ3) is 7.87. The number of rotatable bonds is 10. The van der Waals surface area contributed by atoms with Crippen LogP contribution >= 0.6 is 0 Å². The van der Waals surface area contributed by atoms with Crippen molar-refractivity contribution in [3.05, 3.63) is 11.6 Å². The Balaban J connectivity index is 1.07. The van der Waals surface area contributed by atoms with Crippen LogP contribution < -0.4 is 0 Å². The van der Waals surface area contributed by atoms with Gasteiger partial charge in [0.15, 0.2) is 18.9 Å².